The number of benzene rings is 2. The van der Waals surface area contributed by atoms with Crippen LogP contribution in [-0.4, -0.2) is 25.9 Å². The Balaban J connectivity index is 2.32. The van der Waals surface area contributed by atoms with Gasteiger partial charge in [0.2, 0.25) is 0 Å². The highest BCUT2D eigenvalue weighted by Gasteiger charge is 2.44. The molecule has 7 nitrogen and oxygen atoms in total. The van der Waals surface area contributed by atoms with Crippen LogP contribution in [0.15, 0.2) is 64.7 Å². The highest BCUT2D eigenvalue weighted by Crippen LogP contribution is 2.29. The summed E-state index contributed by atoms with van der Waals surface area (Å²) in [5.74, 6) is -0.656. The first-order valence-corrected chi connectivity index (χ1v) is 10.5. The van der Waals surface area contributed by atoms with Gasteiger partial charge >= 0.3 is 17.6 Å². The van der Waals surface area contributed by atoms with E-state index in [1.165, 1.54) is 18.2 Å². The van der Waals surface area contributed by atoms with Gasteiger partial charge in [-0.05, 0) is 35.2 Å². The lowest BCUT2D eigenvalue weighted by atomic mass is 9.87. The van der Waals surface area contributed by atoms with Crippen LogP contribution in [0.3, 0.4) is 0 Å². The predicted molar refractivity (Wildman–Crippen MR) is 109 cm³/mol. The van der Waals surface area contributed by atoms with Crippen LogP contribution in [0.5, 0.6) is 5.75 Å². The maximum atomic E-state index is 13.1. The number of ether oxygens (including phenoxy) is 1. The van der Waals surface area contributed by atoms with Crippen LogP contribution in [-0.2, 0) is 15.3 Å². The smallest absolute Gasteiger partial charge is 0.428 e. The molecule has 1 N–H and O–H groups in total. The molecule has 0 heterocycles. The second-order valence-electron chi connectivity index (χ2n) is 7.65. The number of nitro groups is 1. The summed E-state index contributed by atoms with van der Waals surface area (Å²) in [4.78, 5) is 9.97. The second kappa shape index (κ2) is 9.15. The van der Waals surface area contributed by atoms with Gasteiger partial charge in [-0.25, -0.2) is 8.42 Å². The van der Waals surface area contributed by atoms with Gasteiger partial charge in [-0.2, -0.15) is 17.6 Å². The third kappa shape index (κ3) is 5.96. The maximum Gasteiger partial charge on any atom is 0.461 e. The Morgan fingerprint density at radius 1 is 1.12 bits per heavy atom. The average Bonchev–Trinajstić information content (AvgIpc) is 2.67. The molecule has 174 valence electrons. The van der Waals surface area contributed by atoms with Crippen molar-refractivity contribution in [3.63, 3.8) is 0 Å². The molecule has 0 radical (unpaired) electrons. The zero-order valence-electron chi connectivity index (χ0n) is 17.2. The van der Waals surface area contributed by atoms with Crippen molar-refractivity contribution in [3.05, 3.63) is 75.4 Å². The molecule has 0 fully saturated rings. The molecule has 0 aliphatic carbocycles. The largest absolute Gasteiger partial charge is 0.461 e. The van der Waals surface area contributed by atoms with Gasteiger partial charge in [0.1, 0.15) is 5.75 Å². The molecule has 0 unspecified atom stereocenters. The molecule has 0 aliphatic rings. The maximum absolute atomic E-state index is 13.1. The molecule has 0 saturated heterocycles. The van der Waals surface area contributed by atoms with Gasteiger partial charge < -0.3 is 10.1 Å². The summed E-state index contributed by atoms with van der Waals surface area (Å²) in [5.41, 5.74) is 0.448. The van der Waals surface area contributed by atoms with E-state index in [-0.39, 0.29) is 16.0 Å². The highest BCUT2D eigenvalue weighted by molar-refractivity contribution is 7.95. The van der Waals surface area contributed by atoms with E-state index in [1.54, 1.807) is 12.1 Å². The Morgan fingerprint density at radius 2 is 1.72 bits per heavy atom. The number of anilines is 1. The molecule has 0 bridgehead atoms. The van der Waals surface area contributed by atoms with Crippen molar-refractivity contribution in [2.75, 3.05) is 5.32 Å². The van der Waals surface area contributed by atoms with Crippen molar-refractivity contribution in [2.24, 2.45) is 0 Å². The molecule has 0 aliphatic heterocycles. The molecular formula is C20H20F4N2O5S. The first-order chi connectivity index (χ1) is 14.6. The minimum absolute atomic E-state index is 0.106. The Labute approximate surface area is 181 Å². The molecule has 2 aromatic rings. The number of alkyl halides is 4. The van der Waals surface area contributed by atoms with Gasteiger partial charge in [0.25, 0.3) is 9.84 Å². The monoisotopic (exact) mass is 476 g/mol. The summed E-state index contributed by atoms with van der Waals surface area (Å²) >= 11 is 0. The summed E-state index contributed by atoms with van der Waals surface area (Å²) in [5, 5.41) is 12.5. The third-order valence-electron chi connectivity index (χ3n) is 4.19. The highest BCUT2D eigenvalue weighted by atomic mass is 32.2. The van der Waals surface area contributed by atoms with E-state index in [0.29, 0.717) is 6.20 Å². The zero-order valence-corrected chi connectivity index (χ0v) is 18.0. The first kappa shape index (κ1) is 25.1. The molecule has 2 rings (SSSR count). The first-order valence-electron chi connectivity index (χ1n) is 9.06. The van der Waals surface area contributed by atoms with Crippen molar-refractivity contribution >= 4 is 15.5 Å². The fourth-order valence-corrected chi connectivity index (χ4v) is 3.63. The molecule has 2 aromatic carbocycles. The molecule has 0 amide bonds. The van der Waals surface area contributed by atoms with Crippen LogP contribution in [0.1, 0.15) is 26.3 Å². The molecule has 0 spiro atoms. The topological polar surface area (TPSA) is 98.5 Å². The van der Waals surface area contributed by atoms with E-state index in [2.05, 4.69) is 10.1 Å². The van der Waals surface area contributed by atoms with Gasteiger partial charge in [0.15, 0.2) is 0 Å². The van der Waals surface area contributed by atoms with Crippen LogP contribution in [0.2, 0.25) is 0 Å². The van der Waals surface area contributed by atoms with Crippen LogP contribution >= 0.6 is 0 Å². The minimum Gasteiger partial charge on any atom is -0.428 e. The van der Waals surface area contributed by atoms with E-state index >= 15 is 0 Å². The zero-order chi connectivity index (χ0) is 24.3. The fraction of sp³-hybridized carbons (Fsp3) is 0.300. The fourth-order valence-electron chi connectivity index (χ4n) is 2.48. The number of halogens is 4. The van der Waals surface area contributed by atoms with Crippen molar-refractivity contribution in [2.45, 2.75) is 43.6 Å². The van der Waals surface area contributed by atoms with Crippen LogP contribution in [0.25, 0.3) is 0 Å². The van der Waals surface area contributed by atoms with Crippen LogP contribution < -0.4 is 10.1 Å². The molecular weight excluding hydrogens is 456 g/mol. The molecule has 0 atom stereocenters. The van der Waals surface area contributed by atoms with Crippen molar-refractivity contribution in [1.29, 1.82) is 0 Å². The predicted octanol–water partition coefficient (Wildman–Crippen LogP) is 5.18. The summed E-state index contributed by atoms with van der Waals surface area (Å²) in [7, 11) is -4.53. The standard InChI is InChI=1S/C20H20F4N2O5S/c1-19(2,3)13-7-9-16(10-8-13)32(29,30)17(26(27)28)12-25-14-5-4-6-15(11-14)31-20(23,24)18(21)22/h4-12,18,25H,1-3H3. The van der Waals surface area contributed by atoms with Crippen LogP contribution in [0.4, 0.5) is 23.2 Å². The molecule has 0 aromatic heterocycles. The van der Waals surface area contributed by atoms with Crippen molar-refractivity contribution < 1.29 is 35.6 Å². The normalized spacial score (nSPS) is 13.2. The number of rotatable bonds is 8. The van der Waals surface area contributed by atoms with E-state index < -0.39 is 38.1 Å². The van der Waals surface area contributed by atoms with E-state index in [9.17, 15) is 36.1 Å². The van der Waals surface area contributed by atoms with Gasteiger partial charge in [0, 0.05) is 11.8 Å². The second-order valence-corrected chi connectivity index (χ2v) is 9.55. The third-order valence-corrected chi connectivity index (χ3v) is 5.90. The lowest BCUT2D eigenvalue weighted by Crippen LogP contribution is -2.33. The summed E-state index contributed by atoms with van der Waals surface area (Å²) in [6.45, 7) is 5.74. The Kier molecular flexibility index (Phi) is 7.18. The number of hydrogen-bond acceptors (Lipinski definition) is 6. The molecule has 32 heavy (non-hydrogen) atoms. The minimum atomic E-state index is -4.75. The Morgan fingerprint density at radius 3 is 2.22 bits per heavy atom. The van der Waals surface area contributed by atoms with Crippen molar-refractivity contribution in [1.82, 2.24) is 0 Å². The number of hydrogen-bond donors (Lipinski definition) is 1. The average molecular weight is 476 g/mol. The van der Waals surface area contributed by atoms with Crippen LogP contribution in [0, 0.1) is 10.1 Å². The molecule has 0 saturated carbocycles. The summed E-state index contributed by atoms with van der Waals surface area (Å²) in [6.07, 6.45) is -8.25. The van der Waals surface area contributed by atoms with Gasteiger partial charge in [-0.3, -0.25) is 10.1 Å². The molecule has 12 heteroatoms. The van der Waals surface area contributed by atoms with E-state index in [4.69, 9.17) is 0 Å². The number of sulfone groups is 1. The summed E-state index contributed by atoms with van der Waals surface area (Å²) < 4.78 is 80.1. The van der Waals surface area contributed by atoms with E-state index in [1.807, 2.05) is 20.8 Å². The Hall–Kier alpha value is -3.15. The van der Waals surface area contributed by atoms with Gasteiger partial charge in [0.05, 0.1) is 16.0 Å². The lowest BCUT2D eigenvalue weighted by Gasteiger charge is -2.19. The Bertz CT molecular complexity index is 1110. The van der Waals surface area contributed by atoms with E-state index in [0.717, 1.165) is 23.8 Å². The van der Waals surface area contributed by atoms with Gasteiger partial charge in [-0.15, -0.1) is 0 Å². The van der Waals surface area contributed by atoms with Crippen molar-refractivity contribution in [3.8, 4) is 5.75 Å². The summed E-state index contributed by atoms with van der Waals surface area (Å²) in [6, 6.07) is 9.79. The number of nitrogens with one attached hydrogen (secondary N) is 1. The van der Waals surface area contributed by atoms with Gasteiger partial charge in [-0.1, -0.05) is 39.0 Å². The number of nitrogens with zero attached hydrogens (tertiary/aromatic N) is 1. The lowest BCUT2D eigenvalue weighted by molar-refractivity contribution is -0.411. The quantitative estimate of drug-likeness (QED) is 0.320. The SMILES string of the molecule is CC(C)(C)c1ccc(S(=O)(=O)C(=CNc2cccc(OC(F)(F)C(F)F)c2)[N+](=O)[O-])cc1.